The van der Waals surface area contributed by atoms with Gasteiger partial charge in [-0.3, -0.25) is 0 Å². The van der Waals surface area contributed by atoms with Crippen LogP contribution < -0.4 is 5.32 Å². The summed E-state index contributed by atoms with van der Waals surface area (Å²) in [7, 11) is 0. The summed E-state index contributed by atoms with van der Waals surface area (Å²) in [5, 5.41) is 6.45. The zero-order valence-electron chi connectivity index (χ0n) is 7.09. The number of halogens is 1. The smallest absolute Gasteiger partial charge is 0.106 e. The molecule has 2 nitrogen and oxygen atoms in total. The summed E-state index contributed by atoms with van der Waals surface area (Å²) >= 11 is 7.40. The minimum absolute atomic E-state index is 0.413. The summed E-state index contributed by atoms with van der Waals surface area (Å²) in [6.45, 7) is 2.96. The third-order valence-electron chi connectivity index (χ3n) is 1.70. The molecule has 4 heteroatoms. The minimum Gasteiger partial charge on any atom is -0.306 e. The van der Waals surface area contributed by atoms with E-state index < -0.39 is 0 Å². The Labute approximate surface area is 82.0 Å². The van der Waals surface area contributed by atoms with Crippen LogP contribution in [-0.2, 0) is 6.54 Å². The summed E-state index contributed by atoms with van der Waals surface area (Å²) in [4.78, 5) is 4.17. The van der Waals surface area contributed by atoms with Gasteiger partial charge >= 0.3 is 0 Å². The summed E-state index contributed by atoms with van der Waals surface area (Å²) in [6, 6.07) is 0.413. The van der Waals surface area contributed by atoms with E-state index in [-0.39, 0.29) is 0 Å². The van der Waals surface area contributed by atoms with Crippen molar-refractivity contribution in [2.45, 2.75) is 25.9 Å². The van der Waals surface area contributed by atoms with Crippen molar-refractivity contribution < 1.29 is 0 Å². The van der Waals surface area contributed by atoms with E-state index in [1.54, 1.807) is 11.3 Å². The van der Waals surface area contributed by atoms with E-state index in [1.807, 2.05) is 11.6 Å². The lowest BCUT2D eigenvalue weighted by Gasteiger charge is -2.11. The van der Waals surface area contributed by atoms with Crippen LogP contribution in [0.5, 0.6) is 0 Å². The number of nitrogens with zero attached hydrogens (tertiary/aromatic N) is 1. The van der Waals surface area contributed by atoms with Gasteiger partial charge in [0.1, 0.15) is 5.01 Å². The molecule has 0 aliphatic carbocycles. The summed E-state index contributed by atoms with van der Waals surface area (Å²) in [5.41, 5.74) is 0. The van der Waals surface area contributed by atoms with Crippen molar-refractivity contribution in [3.05, 3.63) is 16.6 Å². The molecule has 0 saturated carbocycles. The molecule has 12 heavy (non-hydrogen) atoms. The second-order valence-corrected chi connectivity index (χ2v) is 3.85. The molecule has 0 fully saturated rings. The monoisotopic (exact) mass is 204 g/mol. The van der Waals surface area contributed by atoms with Crippen molar-refractivity contribution in [2.24, 2.45) is 0 Å². The number of hydrogen-bond acceptors (Lipinski definition) is 3. The Kier molecular flexibility index (Phi) is 4.58. The van der Waals surface area contributed by atoms with Gasteiger partial charge in [0.25, 0.3) is 0 Å². The molecule has 1 unspecified atom stereocenters. The van der Waals surface area contributed by atoms with Crippen LogP contribution in [0.3, 0.4) is 0 Å². The maximum absolute atomic E-state index is 5.73. The predicted molar refractivity (Wildman–Crippen MR) is 53.8 cm³/mol. The lowest BCUT2D eigenvalue weighted by atomic mass is 10.2. The average molecular weight is 205 g/mol. The first-order valence-electron chi connectivity index (χ1n) is 4.04. The number of thiazole rings is 1. The van der Waals surface area contributed by atoms with Crippen LogP contribution in [0.1, 0.15) is 18.4 Å². The Hall–Kier alpha value is -0.120. The van der Waals surface area contributed by atoms with E-state index in [0.29, 0.717) is 11.9 Å². The van der Waals surface area contributed by atoms with Crippen molar-refractivity contribution in [3.63, 3.8) is 0 Å². The first-order chi connectivity index (χ1) is 5.86. The van der Waals surface area contributed by atoms with Gasteiger partial charge in [0.15, 0.2) is 0 Å². The zero-order valence-corrected chi connectivity index (χ0v) is 8.66. The summed E-state index contributed by atoms with van der Waals surface area (Å²) in [6.07, 6.45) is 2.89. The Morgan fingerprint density at radius 3 is 3.08 bits per heavy atom. The van der Waals surface area contributed by atoms with Gasteiger partial charge in [-0.25, -0.2) is 4.98 Å². The van der Waals surface area contributed by atoms with E-state index >= 15 is 0 Å². The normalized spacial score (nSPS) is 13.2. The highest BCUT2D eigenvalue weighted by atomic mass is 35.5. The van der Waals surface area contributed by atoms with Gasteiger partial charge in [0.2, 0.25) is 0 Å². The van der Waals surface area contributed by atoms with E-state index in [2.05, 4.69) is 17.2 Å². The Morgan fingerprint density at radius 1 is 1.75 bits per heavy atom. The quantitative estimate of drug-likeness (QED) is 0.745. The van der Waals surface area contributed by atoms with E-state index in [1.165, 1.54) is 0 Å². The molecular formula is C8H13ClN2S. The Balaban J connectivity index is 2.25. The van der Waals surface area contributed by atoms with Crippen molar-refractivity contribution in [1.29, 1.82) is 0 Å². The van der Waals surface area contributed by atoms with Gasteiger partial charge in [-0.2, -0.15) is 0 Å². The van der Waals surface area contributed by atoms with Gasteiger partial charge in [-0.1, -0.05) is 6.92 Å². The summed E-state index contributed by atoms with van der Waals surface area (Å²) < 4.78 is 0. The van der Waals surface area contributed by atoms with Crippen LogP contribution in [0.25, 0.3) is 0 Å². The minimum atomic E-state index is 0.413. The molecule has 1 atom stereocenters. The van der Waals surface area contributed by atoms with Crippen LogP contribution in [-0.4, -0.2) is 16.9 Å². The molecule has 1 heterocycles. The highest BCUT2D eigenvalue weighted by molar-refractivity contribution is 7.09. The highest BCUT2D eigenvalue weighted by Gasteiger charge is 2.03. The van der Waals surface area contributed by atoms with Crippen LogP contribution >= 0.6 is 22.9 Å². The van der Waals surface area contributed by atoms with Crippen LogP contribution in [0, 0.1) is 0 Å². The van der Waals surface area contributed by atoms with Gasteiger partial charge < -0.3 is 5.32 Å². The fraction of sp³-hybridized carbons (Fsp3) is 0.625. The van der Waals surface area contributed by atoms with E-state index in [0.717, 1.165) is 18.0 Å². The van der Waals surface area contributed by atoms with E-state index in [4.69, 9.17) is 11.6 Å². The molecule has 0 aliphatic heterocycles. The van der Waals surface area contributed by atoms with Gasteiger partial charge in [-0.15, -0.1) is 22.9 Å². The van der Waals surface area contributed by atoms with E-state index in [9.17, 15) is 0 Å². The van der Waals surface area contributed by atoms with Crippen molar-refractivity contribution in [3.8, 4) is 0 Å². The molecule has 1 aromatic rings. The SMILES string of the molecule is CCC(CCl)NCc1nccs1. The lowest BCUT2D eigenvalue weighted by Crippen LogP contribution is -2.29. The van der Waals surface area contributed by atoms with Crippen LogP contribution in [0.4, 0.5) is 0 Å². The van der Waals surface area contributed by atoms with Crippen molar-refractivity contribution in [2.75, 3.05) is 5.88 Å². The summed E-state index contributed by atoms with van der Waals surface area (Å²) in [5.74, 6) is 0.669. The van der Waals surface area contributed by atoms with Crippen molar-refractivity contribution in [1.82, 2.24) is 10.3 Å². The lowest BCUT2D eigenvalue weighted by molar-refractivity contribution is 0.538. The molecule has 0 aromatic carbocycles. The van der Waals surface area contributed by atoms with Crippen LogP contribution in [0.15, 0.2) is 11.6 Å². The van der Waals surface area contributed by atoms with Crippen molar-refractivity contribution >= 4 is 22.9 Å². The average Bonchev–Trinajstić information content (AvgIpc) is 2.59. The van der Waals surface area contributed by atoms with Crippen LogP contribution in [0.2, 0.25) is 0 Å². The third-order valence-corrected chi connectivity index (χ3v) is 2.86. The second-order valence-electron chi connectivity index (χ2n) is 2.57. The maximum atomic E-state index is 5.73. The number of aromatic nitrogens is 1. The number of rotatable bonds is 5. The number of hydrogen-bond donors (Lipinski definition) is 1. The highest BCUT2D eigenvalue weighted by Crippen LogP contribution is 2.04. The Bertz CT molecular complexity index is 197. The fourth-order valence-corrected chi connectivity index (χ4v) is 1.77. The first-order valence-corrected chi connectivity index (χ1v) is 5.46. The Morgan fingerprint density at radius 2 is 2.58 bits per heavy atom. The number of nitrogens with one attached hydrogen (secondary N) is 1. The molecular weight excluding hydrogens is 192 g/mol. The zero-order chi connectivity index (χ0) is 8.81. The fourth-order valence-electron chi connectivity index (χ4n) is 0.880. The molecule has 0 bridgehead atoms. The number of alkyl halides is 1. The first kappa shape index (κ1) is 9.96. The largest absolute Gasteiger partial charge is 0.306 e. The molecule has 0 radical (unpaired) electrons. The van der Waals surface area contributed by atoms with Gasteiger partial charge in [0.05, 0.1) is 0 Å². The molecule has 68 valence electrons. The van der Waals surface area contributed by atoms with Gasteiger partial charge in [-0.05, 0) is 6.42 Å². The van der Waals surface area contributed by atoms with Gasteiger partial charge in [0, 0.05) is 30.0 Å². The predicted octanol–water partition coefficient (Wildman–Crippen LogP) is 2.25. The molecule has 0 saturated heterocycles. The molecule has 0 aliphatic rings. The molecule has 1 N–H and O–H groups in total. The molecule has 1 aromatic heterocycles. The molecule has 0 amide bonds. The maximum Gasteiger partial charge on any atom is 0.106 e. The standard InChI is InChI=1S/C8H13ClN2S/c1-2-7(5-9)11-6-8-10-3-4-12-8/h3-4,7,11H,2,5-6H2,1H3. The topological polar surface area (TPSA) is 24.9 Å². The molecule has 0 spiro atoms. The third kappa shape index (κ3) is 3.09. The second kappa shape index (κ2) is 5.51. The molecule has 1 rings (SSSR count).